The van der Waals surface area contributed by atoms with Crippen LogP contribution in [0, 0.1) is 5.92 Å². The van der Waals surface area contributed by atoms with E-state index in [9.17, 15) is 4.79 Å². The highest BCUT2D eigenvalue weighted by atomic mass is 16.1. The highest BCUT2D eigenvalue weighted by Gasteiger charge is 1.98. The van der Waals surface area contributed by atoms with Gasteiger partial charge in [-0.15, -0.1) is 0 Å². The number of unbranched alkanes of at least 4 members (excludes halogenated alkanes) is 6. The second kappa shape index (κ2) is 9.76. The second-order valence-corrected chi connectivity index (χ2v) is 4.02. The lowest BCUT2D eigenvalue weighted by atomic mass is 10.0. The molecule has 0 aliphatic heterocycles. The average molecular weight is 184 g/mol. The Labute approximate surface area is 82.9 Å². The van der Waals surface area contributed by atoms with Crippen LogP contribution in [-0.4, -0.2) is 6.29 Å². The van der Waals surface area contributed by atoms with Crippen LogP contribution in [0.25, 0.3) is 0 Å². The molecule has 0 aromatic rings. The van der Waals surface area contributed by atoms with Crippen molar-refractivity contribution < 1.29 is 4.79 Å². The van der Waals surface area contributed by atoms with Crippen LogP contribution in [0.15, 0.2) is 0 Å². The third-order valence-corrected chi connectivity index (χ3v) is 2.50. The van der Waals surface area contributed by atoms with Crippen LogP contribution in [0.4, 0.5) is 0 Å². The van der Waals surface area contributed by atoms with Crippen molar-refractivity contribution in [3.63, 3.8) is 0 Å². The van der Waals surface area contributed by atoms with Crippen molar-refractivity contribution in [2.45, 2.75) is 65.2 Å². The zero-order chi connectivity index (χ0) is 9.94. The summed E-state index contributed by atoms with van der Waals surface area (Å²) >= 11 is 0. The summed E-state index contributed by atoms with van der Waals surface area (Å²) in [4.78, 5) is 10.3. The quantitative estimate of drug-likeness (QED) is 0.391. The van der Waals surface area contributed by atoms with Gasteiger partial charge in [0.25, 0.3) is 0 Å². The second-order valence-electron chi connectivity index (χ2n) is 4.02. The molecule has 0 fully saturated rings. The molecule has 1 atom stereocenters. The Morgan fingerprint density at radius 3 is 2.08 bits per heavy atom. The lowest BCUT2D eigenvalue weighted by Gasteiger charge is -2.02. The van der Waals surface area contributed by atoms with Gasteiger partial charge in [-0.25, -0.2) is 0 Å². The van der Waals surface area contributed by atoms with Gasteiger partial charge >= 0.3 is 0 Å². The molecule has 1 heteroatoms. The highest BCUT2D eigenvalue weighted by molar-refractivity contribution is 5.52. The van der Waals surface area contributed by atoms with Gasteiger partial charge in [0.15, 0.2) is 0 Å². The first kappa shape index (κ1) is 12.7. The van der Waals surface area contributed by atoms with Gasteiger partial charge in [0.2, 0.25) is 0 Å². The van der Waals surface area contributed by atoms with Gasteiger partial charge in [-0.3, -0.25) is 0 Å². The fourth-order valence-corrected chi connectivity index (χ4v) is 1.49. The molecule has 0 bridgehead atoms. The van der Waals surface area contributed by atoms with Crippen LogP contribution in [0.3, 0.4) is 0 Å². The normalized spacial score (nSPS) is 12.8. The number of carbonyl (C=O) groups is 1. The lowest BCUT2D eigenvalue weighted by molar-refractivity contribution is -0.110. The Morgan fingerprint density at radius 1 is 1.00 bits per heavy atom. The standard InChI is InChI=1S/C12H24O/c1-3-4-5-6-7-8-9-10-12(2)11-13/h11-12H,3-10H2,1-2H3/t12-/m1/s1. The number of hydrogen-bond acceptors (Lipinski definition) is 1. The molecule has 0 saturated heterocycles. The summed E-state index contributed by atoms with van der Waals surface area (Å²) < 4.78 is 0. The summed E-state index contributed by atoms with van der Waals surface area (Å²) in [6, 6.07) is 0. The van der Waals surface area contributed by atoms with E-state index in [1.54, 1.807) is 0 Å². The Balaban J connectivity index is 2.95. The number of aldehydes is 1. The van der Waals surface area contributed by atoms with Crippen molar-refractivity contribution in [2.75, 3.05) is 0 Å². The van der Waals surface area contributed by atoms with E-state index < -0.39 is 0 Å². The molecule has 78 valence electrons. The largest absolute Gasteiger partial charge is 0.303 e. The molecule has 0 aromatic heterocycles. The minimum absolute atomic E-state index is 0.274. The SMILES string of the molecule is CCCCCCCCC[C@@H](C)C=O. The molecule has 0 heterocycles. The van der Waals surface area contributed by atoms with Gasteiger partial charge in [-0.05, 0) is 6.42 Å². The van der Waals surface area contributed by atoms with Crippen molar-refractivity contribution in [1.29, 1.82) is 0 Å². The van der Waals surface area contributed by atoms with Crippen molar-refractivity contribution in [1.82, 2.24) is 0 Å². The maximum Gasteiger partial charge on any atom is 0.122 e. The predicted octanol–water partition coefficient (Wildman–Crippen LogP) is 3.96. The van der Waals surface area contributed by atoms with E-state index >= 15 is 0 Å². The van der Waals surface area contributed by atoms with Crippen LogP contribution < -0.4 is 0 Å². The van der Waals surface area contributed by atoms with Gasteiger partial charge < -0.3 is 4.79 Å². The van der Waals surface area contributed by atoms with Gasteiger partial charge in [0.1, 0.15) is 6.29 Å². The van der Waals surface area contributed by atoms with Crippen molar-refractivity contribution in [2.24, 2.45) is 5.92 Å². The Kier molecular flexibility index (Phi) is 9.51. The molecule has 0 rings (SSSR count). The first-order valence-corrected chi connectivity index (χ1v) is 5.76. The van der Waals surface area contributed by atoms with Crippen LogP contribution >= 0.6 is 0 Å². The molecule has 0 aromatic carbocycles. The molecule has 0 radical (unpaired) electrons. The first-order chi connectivity index (χ1) is 6.31. The third-order valence-electron chi connectivity index (χ3n) is 2.50. The molecule has 0 aliphatic carbocycles. The van der Waals surface area contributed by atoms with E-state index in [1.807, 2.05) is 6.92 Å². The Hall–Kier alpha value is -0.330. The van der Waals surface area contributed by atoms with Gasteiger partial charge in [-0.2, -0.15) is 0 Å². The smallest absolute Gasteiger partial charge is 0.122 e. The molecule has 0 N–H and O–H groups in total. The molecular formula is C12H24O. The minimum Gasteiger partial charge on any atom is -0.303 e. The topological polar surface area (TPSA) is 17.1 Å². The molecule has 0 amide bonds. The molecule has 0 aliphatic rings. The van der Waals surface area contributed by atoms with E-state index in [1.165, 1.54) is 44.9 Å². The maximum atomic E-state index is 10.3. The number of rotatable bonds is 9. The fraction of sp³-hybridized carbons (Fsp3) is 0.917. The molecule has 0 unspecified atom stereocenters. The number of carbonyl (C=O) groups excluding carboxylic acids is 1. The predicted molar refractivity (Wildman–Crippen MR) is 57.8 cm³/mol. The van der Waals surface area contributed by atoms with Crippen LogP contribution in [0.2, 0.25) is 0 Å². The van der Waals surface area contributed by atoms with Crippen molar-refractivity contribution >= 4 is 6.29 Å². The molecule has 13 heavy (non-hydrogen) atoms. The highest BCUT2D eigenvalue weighted by Crippen LogP contribution is 2.11. The van der Waals surface area contributed by atoms with E-state index in [0.717, 1.165) is 12.7 Å². The third kappa shape index (κ3) is 9.59. The number of hydrogen-bond donors (Lipinski definition) is 0. The average Bonchev–Trinajstić information content (AvgIpc) is 2.16. The maximum absolute atomic E-state index is 10.3. The van der Waals surface area contributed by atoms with Crippen molar-refractivity contribution in [3.05, 3.63) is 0 Å². The summed E-state index contributed by atoms with van der Waals surface area (Å²) in [5.41, 5.74) is 0. The molecule has 0 spiro atoms. The zero-order valence-corrected chi connectivity index (χ0v) is 9.22. The van der Waals surface area contributed by atoms with E-state index in [-0.39, 0.29) is 5.92 Å². The summed E-state index contributed by atoms with van der Waals surface area (Å²) in [5.74, 6) is 0.274. The molecule has 1 nitrogen and oxygen atoms in total. The van der Waals surface area contributed by atoms with Gasteiger partial charge in [0, 0.05) is 5.92 Å². The molecule has 0 saturated carbocycles. The minimum atomic E-state index is 0.274. The van der Waals surface area contributed by atoms with Gasteiger partial charge in [0.05, 0.1) is 0 Å². The monoisotopic (exact) mass is 184 g/mol. The summed E-state index contributed by atoms with van der Waals surface area (Å²) in [5, 5.41) is 0. The van der Waals surface area contributed by atoms with E-state index in [2.05, 4.69) is 6.92 Å². The first-order valence-electron chi connectivity index (χ1n) is 5.76. The van der Waals surface area contributed by atoms with Crippen LogP contribution in [0.5, 0.6) is 0 Å². The van der Waals surface area contributed by atoms with E-state index in [4.69, 9.17) is 0 Å². The van der Waals surface area contributed by atoms with Crippen LogP contribution in [0.1, 0.15) is 65.2 Å². The zero-order valence-electron chi connectivity index (χ0n) is 9.22. The summed E-state index contributed by atoms with van der Waals surface area (Å²) in [6.45, 7) is 4.25. The van der Waals surface area contributed by atoms with E-state index in [0.29, 0.717) is 0 Å². The molecular weight excluding hydrogens is 160 g/mol. The van der Waals surface area contributed by atoms with Gasteiger partial charge in [-0.1, -0.05) is 58.8 Å². The Morgan fingerprint density at radius 2 is 1.54 bits per heavy atom. The Bertz CT molecular complexity index is 110. The summed E-state index contributed by atoms with van der Waals surface area (Å²) in [6.07, 6.45) is 11.5. The fourth-order valence-electron chi connectivity index (χ4n) is 1.49. The lowest BCUT2D eigenvalue weighted by Crippen LogP contribution is -1.94. The van der Waals surface area contributed by atoms with Crippen LogP contribution in [-0.2, 0) is 4.79 Å². The van der Waals surface area contributed by atoms with Crippen molar-refractivity contribution in [3.8, 4) is 0 Å². The summed E-state index contributed by atoms with van der Waals surface area (Å²) in [7, 11) is 0.